The lowest BCUT2D eigenvalue weighted by Crippen LogP contribution is -2.44. The first-order chi connectivity index (χ1) is 8.61. The molecule has 0 saturated heterocycles. The lowest BCUT2D eigenvalue weighted by molar-refractivity contribution is -0.174. The monoisotopic (exact) mass is 286 g/mol. The average Bonchev–Trinajstić information content (AvgIpc) is 2.23. The van der Waals surface area contributed by atoms with Crippen LogP contribution in [0.25, 0.3) is 0 Å². The fourth-order valence-electron chi connectivity index (χ4n) is 1.08. The number of carbonyl (C=O) groups excluding carboxylic acids is 1. The van der Waals surface area contributed by atoms with Crippen molar-refractivity contribution in [1.29, 1.82) is 0 Å². The molecule has 1 unspecified atom stereocenters. The van der Waals surface area contributed by atoms with Gasteiger partial charge in [-0.2, -0.15) is 13.2 Å². The number of ether oxygens (including phenoxy) is 1. The summed E-state index contributed by atoms with van der Waals surface area (Å²) in [7, 11) is 1.39. The van der Waals surface area contributed by atoms with Crippen LogP contribution in [-0.4, -0.2) is 61.0 Å². The third-order valence-electron chi connectivity index (χ3n) is 2.01. The second kappa shape index (κ2) is 7.82. The number of alkyl halides is 3. The number of halogens is 3. The highest BCUT2D eigenvalue weighted by atomic mass is 19.4. The van der Waals surface area contributed by atoms with E-state index in [1.54, 1.807) is 0 Å². The minimum absolute atomic E-state index is 0.0112. The third-order valence-corrected chi connectivity index (χ3v) is 2.01. The van der Waals surface area contributed by atoms with E-state index in [9.17, 15) is 22.8 Å². The molecule has 0 heterocycles. The molecular formula is C10H17F3N2O4. The molecule has 0 aromatic heterocycles. The second-order valence-electron chi connectivity index (χ2n) is 4.05. The highest BCUT2D eigenvalue weighted by Gasteiger charge is 2.27. The smallest absolute Gasteiger partial charge is 0.411 e. The van der Waals surface area contributed by atoms with E-state index in [0.717, 1.165) is 4.90 Å². The van der Waals surface area contributed by atoms with Crippen LogP contribution in [0.2, 0.25) is 0 Å². The first-order valence-corrected chi connectivity index (χ1v) is 5.49. The molecule has 19 heavy (non-hydrogen) atoms. The van der Waals surface area contributed by atoms with Gasteiger partial charge in [0.15, 0.2) is 0 Å². The predicted molar refractivity (Wildman–Crippen MR) is 59.8 cm³/mol. The van der Waals surface area contributed by atoms with E-state index in [-0.39, 0.29) is 19.6 Å². The van der Waals surface area contributed by atoms with Gasteiger partial charge in [0, 0.05) is 13.6 Å². The fourth-order valence-corrected chi connectivity index (χ4v) is 1.08. The Labute approximate surface area is 108 Å². The average molecular weight is 286 g/mol. The maximum absolute atomic E-state index is 11.8. The van der Waals surface area contributed by atoms with Gasteiger partial charge in [0.1, 0.15) is 6.61 Å². The van der Waals surface area contributed by atoms with Crippen molar-refractivity contribution in [3.05, 3.63) is 0 Å². The summed E-state index contributed by atoms with van der Waals surface area (Å²) in [5, 5.41) is 10.8. The fraction of sp³-hybridized carbons (Fsp3) is 0.800. The Bertz CT molecular complexity index is 310. The first kappa shape index (κ1) is 17.5. The van der Waals surface area contributed by atoms with Gasteiger partial charge in [-0.3, -0.25) is 4.79 Å². The highest BCUT2D eigenvalue weighted by Crippen LogP contribution is 2.14. The minimum Gasteiger partial charge on any atom is -0.481 e. The van der Waals surface area contributed by atoms with Gasteiger partial charge in [-0.1, -0.05) is 0 Å². The van der Waals surface area contributed by atoms with Crippen molar-refractivity contribution >= 4 is 12.0 Å². The molecule has 1 atom stereocenters. The lowest BCUT2D eigenvalue weighted by atomic mass is 10.3. The number of carbonyl (C=O) groups is 2. The molecule has 0 radical (unpaired) electrons. The molecule has 2 amide bonds. The summed E-state index contributed by atoms with van der Waals surface area (Å²) in [5.41, 5.74) is 0. The van der Waals surface area contributed by atoms with Gasteiger partial charge in [-0.25, -0.2) is 4.79 Å². The van der Waals surface area contributed by atoms with E-state index < -0.39 is 30.8 Å². The van der Waals surface area contributed by atoms with Gasteiger partial charge in [0.05, 0.1) is 19.1 Å². The van der Waals surface area contributed by atoms with Crippen molar-refractivity contribution < 1.29 is 32.6 Å². The summed E-state index contributed by atoms with van der Waals surface area (Å²) in [5.74, 6) is -1.04. The number of nitrogens with zero attached hydrogens (tertiary/aromatic N) is 1. The highest BCUT2D eigenvalue weighted by molar-refractivity contribution is 5.75. The van der Waals surface area contributed by atoms with Gasteiger partial charge in [0.2, 0.25) is 0 Å². The molecule has 0 aliphatic rings. The zero-order chi connectivity index (χ0) is 15.1. The number of carboxylic acids is 1. The Kier molecular flexibility index (Phi) is 7.20. The molecule has 9 heteroatoms. The van der Waals surface area contributed by atoms with Crippen LogP contribution in [0.4, 0.5) is 18.0 Å². The standard InChI is InChI=1S/C10H17F3N2O4/c1-7(5-19-6-10(11,12)13)14-9(18)15(2)4-3-8(16)17/h7H,3-6H2,1-2H3,(H,14,18)(H,16,17). The zero-order valence-electron chi connectivity index (χ0n) is 10.7. The van der Waals surface area contributed by atoms with Gasteiger partial charge in [-0.05, 0) is 6.92 Å². The minimum atomic E-state index is -4.40. The number of hydrogen-bond acceptors (Lipinski definition) is 3. The Hall–Kier alpha value is -1.51. The van der Waals surface area contributed by atoms with Gasteiger partial charge in [0.25, 0.3) is 0 Å². The van der Waals surface area contributed by atoms with Crippen molar-refractivity contribution in [1.82, 2.24) is 10.2 Å². The molecule has 0 rings (SSSR count). The molecule has 2 N–H and O–H groups in total. The van der Waals surface area contributed by atoms with Crippen LogP contribution in [0.3, 0.4) is 0 Å². The zero-order valence-corrected chi connectivity index (χ0v) is 10.7. The molecule has 0 aliphatic carbocycles. The van der Waals surface area contributed by atoms with Crippen molar-refractivity contribution in [3.63, 3.8) is 0 Å². The molecule has 0 aromatic rings. The molecule has 0 saturated carbocycles. The van der Waals surface area contributed by atoms with E-state index in [0.29, 0.717) is 0 Å². The predicted octanol–water partition coefficient (Wildman–Crippen LogP) is 1.07. The van der Waals surface area contributed by atoms with E-state index >= 15 is 0 Å². The Morgan fingerprint density at radius 1 is 1.42 bits per heavy atom. The van der Waals surface area contributed by atoms with Crippen LogP contribution in [-0.2, 0) is 9.53 Å². The first-order valence-electron chi connectivity index (χ1n) is 5.49. The van der Waals surface area contributed by atoms with Crippen LogP contribution in [0.15, 0.2) is 0 Å². The summed E-state index contributed by atoms with van der Waals surface area (Å²) in [6, 6.07) is -1.17. The summed E-state index contributed by atoms with van der Waals surface area (Å²) in [6.45, 7) is -0.156. The third kappa shape index (κ3) is 10.1. The maximum Gasteiger partial charge on any atom is 0.411 e. The number of urea groups is 1. The quantitative estimate of drug-likeness (QED) is 0.733. The molecule has 0 fully saturated rings. The second-order valence-corrected chi connectivity index (χ2v) is 4.05. The molecule has 112 valence electrons. The van der Waals surface area contributed by atoms with Gasteiger partial charge < -0.3 is 20.1 Å². The van der Waals surface area contributed by atoms with Crippen LogP contribution in [0.1, 0.15) is 13.3 Å². The van der Waals surface area contributed by atoms with E-state index in [1.807, 2.05) is 0 Å². The number of nitrogens with one attached hydrogen (secondary N) is 1. The number of amides is 2. The molecule has 0 bridgehead atoms. The SMILES string of the molecule is CC(COCC(F)(F)F)NC(=O)N(C)CCC(=O)O. The Balaban J connectivity index is 3.88. The van der Waals surface area contributed by atoms with Crippen molar-refractivity contribution in [2.24, 2.45) is 0 Å². The van der Waals surface area contributed by atoms with E-state index in [4.69, 9.17) is 5.11 Å². The number of carboxylic acid groups (broad SMARTS) is 1. The molecule has 0 aromatic carbocycles. The summed E-state index contributed by atoms with van der Waals surface area (Å²) >= 11 is 0. The molecule has 0 aliphatic heterocycles. The summed E-state index contributed by atoms with van der Waals surface area (Å²) in [6.07, 6.45) is -4.61. The normalized spacial score (nSPS) is 12.9. The summed E-state index contributed by atoms with van der Waals surface area (Å²) in [4.78, 5) is 22.9. The number of rotatable bonds is 7. The van der Waals surface area contributed by atoms with Crippen LogP contribution >= 0.6 is 0 Å². The van der Waals surface area contributed by atoms with Crippen LogP contribution in [0, 0.1) is 0 Å². The van der Waals surface area contributed by atoms with E-state index in [2.05, 4.69) is 10.1 Å². The van der Waals surface area contributed by atoms with Crippen molar-refractivity contribution in [3.8, 4) is 0 Å². The molecular weight excluding hydrogens is 269 g/mol. The Morgan fingerprint density at radius 2 is 2.00 bits per heavy atom. The van der Waals surface area contributed by atoms with Crippen molar-refractivity contribution in [2.45, 2.75) is 25.6 Å². The molecule has 0 spiro atoms. The van der Waals surface area contributed by atoms with E-state index in [1.165, 1.54) is 14.0 Å². The number of aliphatic carboxylic acids is 1. The molecule has 6 nitrogen and oxygen atoms in total. The number of hydrogen-bond donors (Lipinski definition) is 2. The lowest BCUT2D eigenvalue weighted by Gasteiger charge is -2.21. The van der Waals surface area contributed by atoms with Gasteiger partial charge in [-0.15, -0.1) is 0 Å². The topological polar surface area (TPSA) is 78.9 Å². The largest absolute Gasteiger partial charge is 0.481 e. The van der Waals surface area contributed by atoms with Crippen molar-refractivity contribution in [2.75, 3.05) is 26.8 Å². The Morgan fingerprint density at radius 3 is 2.47 bits per heavy atom. The van der Waals surface area contributed by atoms with Crippen LogP contribution < -0.4 is 5.32 Å². The maximum atomic E-state index is 11.8. The van der Waals surface area contributed by atoms with Gasteiger partial charge >= 0.3 is 18.2 Å². The summed E-state index contributed by atoms with van der Waals surface area (Å²) < 4.78 is 39.8. The van der Waals surface area contributed by atoms with Crippen LogP contribution in [0.5, 0.6) is 0 Å².